The molecule has 0 aromatic carbocycles. The topological polar surface area (TPSA) is 36.4 Å². The zero-order valence-electron chi connectivity index (χ0n) is 12.4. The Morgan fingerprint density at radius 2 is 1.81 bits per heavy atom. The van der Waals surface area contributed by atoms with Gasteiger partial charge in [-0.15, -0.1) is 0 Å². The molecule has 112 valence electrons. The molecule has 3 fully saturated rings. The molecule has 1 amide bonds. The number of pyridine rings is 1. The van der Waals surface area contributed by atoms with E-state index in [9.17, 15) is 4.79 Å². The van der Waals surface area contributed by atoms with Gasteiger partial charge in [0, 0.05) is 50.2 Å². The van der Waals surface area contributed by atoms with Gasteiger partial charge in [0.05, 0.1) is 0 Å². The van der Waals surface area contributed by atoms with Crippen molar-refractivity contribution < 1.29 is 4.79 Å². The third-order valence-corrected chi connectivity index (χ3v) is 5.70. The Hall–Kier alpha value is -1.42. The highest BCUT2D eigenvalue weighted by Crippen LogP contribution is 2.46. The Labute approximate surface area is 126 Å². The van der Waals surface area contributed by atoms with Gasteiger partial charge in [-0.2, -0.15) is 0 Å². The van der Waals surface area contributed by atoms with Crippen LogP contribution in [0.25, 0.3) is 0 Å². The standard InChI is InChI=1S/C17H23N3O/c21-17(14-3-5-18-6-4-14)20-9-7-19(8-10-20)16-12-13-1-2-15(16)11-13/h3-6,13,15-16H,1-2,7-12H2/t13-,15-,16+/m1/s1. The predicted octanol–water partition coefficient (Wildman–Crippen LogP) is 2.03. The van der Waals surface area contributed by atoms with E-state index >= 15 is 0 Å². The van der Waals surface area contributed by atoms with Gasteiger partial charge >= 0.3 is 0 Å². The van der Waals surface area contributed by atoms with Crippen molar-refractivity contribution in [2.45, 2.75) is 31.7 Å². The second-order valence-electron chi connectivity index (χ2n) is 6.81. The normalized spacial score (nSPS) is 32.6. The summed E-state index contributed by atoms with van der Waals surface area (Å²) in [6, 6.07) is 4.43. The highest BCUT2D eigenvalue weighted by molar-refractivity contribution is 5.94. The molecule has 4 nitrogen and oxygen atoms in total. The number of rotatable bonds is 2. The van der Waals surface area contributed by atoms with Crippen LogP contribution in [0.1, 0.15) is 36.0 Å². The Balaban J connectivity index is 1.36. The van der Waals surface area contributed by atoms with Gasteiger partial charge in [0.2, 0.25) is 0 Å². The number of aromatic nitrogens is 1. The van der Waals surface area contributed by atoms with E-state index in [0.29, 0.717) is 0 Å². The lowest BCUT2D eigenvalue weighted by Crippen LogP contribution is -2.53. The van der Waals surface area contributed by atoms with E-state index < -0.39 is 0 Å². The molecular formula is C17H23N3O. The number of nitrogens with zero attached hydrogens (tertiary/aromatic N) is 3. The van der Waals surface area contributed by atoms with Gasteiger partial charge in [-0.25, -0.2) is 0 Å². The SMILES string of the molecule is O=C(c1ccncc1)N1CCN([C@H]2C[C@@H]3CC[C@@H]2C3)CC1. The van der Waals surface area contributed by atoms with Crippen LogP contribution in [0.5, 0.6) is 0 Å². The maximum atomic E-state index is 12.4. The van der Waals surface area contributed by atoms with Crippen LogP contribution in [0.4, 0.5) is 0 Å². The molecule has 0 radical (unpaired) electrons. The number of carbonyl (C=O) groups excluding carboxylic acids is 1. The van der Waals surface area contributed by atoms with Gasteiger partial charge in [0.1, 0.15) is 0 Å². The van der Waals surface area contributed by atoms with E-state index in [1.807, 2.05) is 17.0 Å². The van der Waals surface area contributed by atoms with Crippen molar-refractivity contribution in [2.75, 3.05) is 26.2 Å². The van der Waals surface area contributed by atoms with E-state index in [1.54, 1.807) is 12.4 Å². The van der Waals surface area contributed by atoms with Gasteiger partial charge in [-0.05, 0) is 43.2 Å². The summed E-state index contributed by atoms with van der Waals surface area (Å²) in [6.07, 6.45) is 9.15. The largest absolute Gasteiger partial charge is 0.336 e. The first-order chi connectivity index (χ1) is 10.3. The molecule has 0 N–H and O–H groups in total. The van der Waals surface area contributed by atoms with Gasteiger partial charge in [-0.1, -0.05) is 6.42 Å². The monoisotopic (exact) mass is 285 g/mol. The minimum Gasteiger partial charge on any atom is -0.336 e. The molecule has 2 bridgehead atoms. The lowest BCUT2D eigenvalue weighted by atomic mass is 9.93. The van der Waals surface area contributed by atoms with Crippen molar-refractivity contribution in [2.24, 2.45) is 11.8 Å². The summed E-state index contributed by atoms with van der Waals surface area (Å²) in [5.74, 6) is 2.10. The average molecular weight is 285 g/mol. The molecular weight excluding hydrogens is 262 g/mol. The number of fused-ring (bicyclic) bond motifs is 2. The second-order valence-corrected chi connectivity index (χ2v) is 6.81. The molecule has 4 rings (SSSR count). The molecule has 1 aromatic rings. The van der Waals surface area contributed by atoms with E-state index in [1.165, 1.54) is 25.7 Å². The highest BCUT2D eigenvalue weighted by atomic mass is 16.2. The summed E-state index contributed by atoms with van der Waals surface area (Å²) >= 11 is 0. The minimum atomic E-state index is 0.157. The van der Waals surface area contributed by atoms with Crippen molar-refractivity contribution in [3.05, 3.63) is 30.1 Å². The summed E-state index contributed by atoms with van der Waals surface area (Å²) in [5.41, 5.74) is 0.762. The smallest absolute Gasteiger partial charge is 0.254 e. The first-order valence-corrected chi connectivity index (χ1v) is 8.24. The van der Waals surface area contributed by atoms with Crippen LogP contribution >= 0.6 is 0 Å². The molecule has 0 unspecified atom stereocenters. The maximum Gasteiger partial charge on any atom is 0.254 e. The summed E-state index contributed by atoms with van der Waals surface area (Å²) in [7, 11) is 0. The van der Waals surface area contributed by atoms with Crippen molar-refractivity contribution in [1.82, 2.24) is 14.8 Å². The Morgan fingerprint density at radius 1 is 1.05 bits per heavy atom. The number of carbonyl (C=O) groups is 1. The molecule has 3 aliphatic rings. The van der Waals surface area contributed by atoms with Gasteiger partial charge in [-0.3, -0.25) is 14.7 Å². The van der Waals surface area contributed by atoms with Crippen molar-refractivity contribution >= 4 is 5.91 Å². The molecule has 0 spiro atoms. The Morgan fingerprint density at radius 3 is 2.43 bits per heavy atom. The van der Waals surface area contributed by atoms with Crippen LogP contribution in [0.3, 0.4) is 0 Å². The van der Waals surface area contributed by atoms with Crippen molar-refractivity contribution in [3.63, 3.8) is 0 Å². The molecule has 2 saturated carbocycles. The quantitative estimate of drug-likeness (QED) is 0.834. The van der Waals surface area contributed by atoms with Gasteiger partial charge < -0.3 is 4.90 Å². The zero-order chi connectivity index (χ0) is 14.2. The van der Waals surface area contributed by atoms with Crippen LogP contribution in [0, 0.1) is 11.8 Å². The van der Waals surface area contributed by atoms with E-state index in [4.69, 9.17) is 0 Å². The summed E-state index contributed by atoms with van der Waals surface area (Å²) < 4.78 is 0. The molecule has 1 saturated heterocycles. The fourth-order valence-corrected chi connectivity index (χ4v) is 4.59. The van der Waals surface area contributed by atoms with E-state index in [2.05, 4.69) is 9.88 Å². The molecule has 1 aromatic heterocycles. The lowest BCUT2D eigenvalue weighted by Gasteiger charge is -2.41. The van der Waals surface area contributed by atoms with Crippen LogP contribution in [0.15, 0.2) is 24.5 Å². The number of piperazine rings is 1. The summed E-state index contributed by atoms with van der Waals surface area (Å²) in [4.78, 5) is 21.1. The van der Waals surface area contributed by atoms with Crippen LogP contribution in [-0.4, -0.2) is 52.9 Å². The molecule has 1 aliphatic heterocycles. The molecule has 21 heavy (non-hydrogen) atoms. The molecule has 4 heteroatoms. The summed E-state index contributed by atoms with van der Waals surface area (Å²) in [5, 5.41) is 0. The fourth-order valence-electron chi connectivity index (χ4n) is 4.59. The Bertz CT molecular complexity index is 510. The number of amides is 1. The van der Waals surface area contributed by atoms with Crippen LogP contribution in [0.2, 0.25) is 0 Å². The number of hydrogen-bond donors (Lipinski definition) is 0. The molecule has 2 heterocycles. The summed E-state index contributed by atoms with van der Waals surface area (Å²) in [6.45, 7) is 3.83. The van der Waals surface area contributed by atoms with Crippen molar-refractivity contribution in [3.8, 4) is 0 Å². The predicted molar refractivity (Wildman–Crippen MR) is 80.9 cm³/mol. The lowest BCUT2D eigenvalue weighted by molar-refractivity contribution is 0.0496. The average Bonchev–Trinajstić information content (AvgIpc) is 3.18. The maximum absolute atomic E-state index is 12.4. The third-order valence-electron chi connectivity index (χ3n) is 5.70. The van der Waals surface area contributed by atoms with Crippen LogP contribution in [-0.2, 0) is 0 Å². The number of hydrogen-bond acceptors (Lipinski definition) is 3. The fraction of sp³-hybridized carbons (Fsp3) is 0.647. The van der Waals surface area contributed by atoms with E-state index in [-0.39, 0.29) is 5.91 Å². The second kappa shape index (κ2) is 5.41. The third kappa shape index (κ3) is 2.46. The van der Waals surface area contributed by atoms with Gasteiger partial charge in [0.15, 0.2) is 0 Å². The van der Waals surface area contributed by atoms with Crippen molar-refractivity contribution in [1.29, 1.82) is 0 Å². The van der Waals surface area contributed by atoms with Crippen LogP contribution < -0.4 is 0 Å². The zero-order valence-corrected chi connectivity index (χ0v) is 12.4. The van der Waals surface area contributed by atoms with Gasteiger partial charge in [0.25, 0.3) is 5.91 Å². The minimum absolute atomic E-state index is 0.157. The highest BCUT2D eigenvalue weighted by Gasteiger charge is 2.42. The first-order valence-electron chi connectivity index (χ1n) is 8.24. The Kier molecular flexibility index (Phi) is 3.42. The molecule has 2 aliphatic carbocycles. The van der Waals surface area contributed by atoms with E-state index in [0.717, 1.165) is 49.6 Å². The molecule has 3 atom stereocenters. The first kappa shape index (κ1) is 13.3.